The number of urea groups is 1. The van der Waals surface area contributed by atoms with Gasteiger partial charge in [0.1, 0.15) is 12.1 Å². The zero-order valence-electron chi connectivity index (χ0n) is 29.4. The molecule has 1 rings (SSSR count). The summed E-state index contributed by atoms with van der Waals surface area (Å²) in [4.78, 5) is 97.3. The van der Waals surface area contributed by atoms with Crippen LogP contribution in [0.4, 0.5) is 4.79 Å². The molecule has 19 heteroatoms. The first-order valence-electron chi connectivity index (χ1n) is 16.4. The number of carbonyl (C=O) groups excluding carboxylic acids is 5. The maximum atomic E-state index is 12.1. The fourth-order valence-corrected chi connectivity index (χ4v) is 4.74. The Kier molecular flexibility index (Phi) is 40.2. The summed E-state index contributed by atoms with van der Waals surface area (Å²) in [6.45, 7) is 15.1. The van der Waals surface area contributed by atoms with Crippen molar-refractivity contribution in [2.24, 2.45) is 0 Å². The third kappa shape index (κ3) is 34.3. The van der Waals surface area contributed by atoms with Crippen molar-refractivity contribution in [3.8, 4) is 0 Å². The normalized spacial score (nSPS) is 10.8. The Bertz CT molecular complexity index is 1150. The molecule has 0 aliphatic heterocycles. The Morgan fingerprint density at radius 1 is 0.660 bits per heavy atom. The molecule has 0 spiro atoms. The number of carboxylic acid groups (broad SMARTS) is 4. The minimum atomic E-state index is -1.47. The van der Waals surface area contributed by atoms with Crippen LogP contribution in [0.25, 0.3) is 0 Å². The third-order valence-electron chi connectivity index (χ3n) is 7.19. The molecule has 3 amide bonds. The average molecular weight is 922 g/mol. The first-order chi connectivity index (χ1) is 25.0. The molecule has 1 unspecified atom stereocenters. The number of rotatable bonds is 27. The van der Waals surface area contributed by atoms with E-state index in [0.717, 1.165) is 57.1 Å². The number of amides is 3. The van der Waals surface area contributed by atoms with Gasteiger partial charge in [-0.1, -0.05) is 44.6 Å². The molecular formula is C34H49N5O13Re-3. The molecule has 53 heavy (non-hydrogen) atoms. The number of hydrogen-bond acceptors (Lipinski definition) is 11. The number of unbranched alkanes of at least 4 members (excludes halogenated alkanes) is 8. The van der Waals surface area contributed by atoms with Gasteiger partial charge in [0.2, 0.25) is 5.91 Å². The molecule has 2 atom stereocenters. The van der Waals surface area contributed by atoms with E-state index in [0.29, 0.717) is 38.9 Å². The molecule has 0 saturated carbocycles. The van der Waals surface area contributed by atoms with Crippen LogP contribution in [0, 0.1) is 0 Å². The van der Waals surface area contributed by atoms with Gasteiger partial charge in [-0.15, -0.1) is 0 Å². The van der Waals surface area contributed by atoms with Crippen LogP contribution in [-0.2, 0) is 65.3 Å². The van der Waals surface area contributed by atoms with Gasteiger partial charge < -0.3 is 71.1 Å². The first kappa shape index (κ1) is 55.2. The van der Waals surface area contributed by atoms with Crippen LogP contribution < -0.4 is 16.0 Å². The van der Waals surface area contributed by atoms with E-state index in [9.17, 15) is 39.0 Å². The average Bonchev–Trinajstić information content (AvgIpc) is 3.12. The molecule has 0 aliphatic rings. The summed E-state index contributed by atoms with van der Waals surface area (Å²) in [6, 6.07) is 1.86. The van der Waals surface area contributed by atoms with Crippen molar-refractivity contribution in [2.45, 2.75) is 109 Å². The Labute approximate surface area is 323 Å². The number of carbonyl (C=O) groups is 6. The number of aromatic nitrogens is 1. The van der Waals surface area contributed by atoms with Crippen LogP contribution in [-0.4, -0.2) is 118 Å². The largest absolute Gasteiger partial charge is 0.573 e. The van der Waals surface area contributed by atoms with Crippen LogP contribution in [0.2, 0.25) is 0 Å². The minimum absolute atomic E-state index is 0. The second-order valence-corrected chi connectivity index (χ2v) is 11.2. The number of carboxylic acids is 4. The molecule has 1 heterocycles. The van der Waals surface area contributed by atoms with E-state index in [-0.39, 0.29) is 45.7 Å². The molecule has 18 nitrogen and oxygen atoms in total. The van der Waals surface area contributed by atoms with Gasteiger partial charge in [0, 0.05) is 52.6 Å². The molecule has 298 valence electrons. The summed E-state index contributed by atoms with van der Waals surface area (Å²) < 4.78 is 0. The molecular weight excluding hydrogens is 873 g/mol. The van der Waals surface area contributed by atoms with Gasteiger partial charge in [-0.25, -0.2) is 14.4 Å². The standard InChI is InChI=1S/C31H49N5O10.3CO.Re/c37-26(33-19-11-9-14-24(29(42)43)34-31(46)35-25(30(44)45)16-17-27(38)39)15-7-5-3-1-2-4-6-12-20-36(22-28(40)41)21-23-13-8-10-18-32-23;3*1-2;/h8,10,13,18,24-25H,1-7,9,11-12,14-17,19-22H2,(H,33,37)(H,38,39)(H,40,41)(H,42,43)(H,44,45)(H2,34,35,46);;;;/q;3*-1;/t24?,25-;;;;/m0..../s1. The molecule has 0 aliphatic carbocycles. The summed E-state index contributed by atoms with van der Waals surface area (Å²) in [5, 5.41) is 43.4. The predicted molar refractivity (Wildman–Crippen MR) is 184 cm³/mol. The molecule has 0 fully saturated rings. The van der Waals surface area contributed by atoms with Gasteiger partial charge in [-0.05, 0) is 57.2 Å². The molecule has 1 aromatic heterocycles. The van der Waals surface area contributed by atoms with Crippen LogP contribution in [0.1, 0.15) is 95.6 Å². The van der Waals surface area contributed by atoms with Crippen molar-refractivity contribution in [3.05, 3.63) is 30.1 Å². The van der Waals surface area contributed by atoms with Crippen molar-refractivity contribution >= 4 is 56.2 Å². The molecule has 0 aromatic carbocycles. The van der Waals surface area contributed by atoms with Gasteiger partial charge >= 0.3 is 29.9 Å². The van der Waals surface area contributed by atoms with E-state index in [1.807, 2.05) is 23.1 Å². The van der Waals surface area contributed by atoms with Crippen molar-refractivity contribution in [2.75, 3.05) is 19.6 Å². The smallest absolute Gasteiger partial charge is 0.326 e. The van der Waals surface area contributed by atoms with Gasteiger partial charge in [-0.3, -0.25) is 24.3 Å². The fraction of sp³-hybridized carbons (Fsp3) is 0.588. The van der Waals surface area contributed by atoms with Crippen LogP contribution >= 0.6 is 0 Å². The summed E-state index contributed by atoms with van der Waals surface area (Å²) >= 11 is 0. The van der Waals surface area contributed by atoms with E-state index < -0.39 is 48.4 Å². The van der Waals surface area contributed by atoms with Gasteiger partial charge in [0.15, 0.2) is 0 Å². The van der Waals surface area contributed by atoms with Gasteiger partial charge in [-0.2, -0.15) is 0 Å². The number of nitrogens with zero attached hydrogens (tertiary/aromatic N) is 2. The van der Waals surface area contributed by atoms with Crippen LogP contribution in [0.3, 0.4) is 0 Å². The second kappa shape index (κ2) is 38.6. The molecule has 0 saturated heterocycles. The summed E-state index contributed by atoms with van der Waals surface area (Å²) in [5.74, 6) is -4.87. The van der Waals surface area contributed by atoms with Crippen molar-refractivity contribution in [1.82, 2.24) is 25.8 Å². The summed E-state index contributed by atoms with van der Waals surface area (Å²) in [7, 11) is 0. The maximum absolute atomic E-state index is 12.1. The Hall–Kier alpha value is -4.60. The van der Waals surface area contributed by atoms with Gasteiger partial charge in [0.05, 0.1) is 12.2 Å². The molecule has 0 bridgehead atoms. The van der Waals surface area contributed by atoms with Crippen molar-refractivity contribution in [1.29, 1.82) is 0 Å². The summed E-state index contributed by atoms with van der Waals surface area (Å²) in [6.07, 6.45) is 10.2. The third-order valence-corrected chi connectivity index (χ3v) is 7.19. The van der Waals surface area contributed by atoms with Crippen LogP contribution in [0.5, 0.6) is 0 Å². The monoisotopic (exact) mass is 922 g/mol. The fourth-order valence-electron chi connectivity index (χ4n) is 4.74. The maximum Gasteiger partial charge on any atom is 0.326 e. The zero-order chi connectivity index (χ0) is 40.2. The van der Waals surface area contributed by atoms with E-state index in [1.165, 1.54) is 0 Å². The molecule has 1 aromatic rings. The quantitative estimate of drug-likeness (QED) is 0.0488. The van der Waals surface area contributed by atoms with E-state index in [1.54, 1.807) is 6.20 Å². The Morgan fingerprint density at radius 2 is 1.19 bits per heavy atom. The number of nitrogens with one attached hydrogen (secondary N) is 3. The Balaban J connectivity index is -0.00000162. The zero-order valence-corrected chi connectivity index (χ0v) is 32.1. The number of pyridine rings is 1. The van der Waals surface area contributed by atoms with E-state index in [4.69, 9.17) is 24.6 Å². The molecule has 4 radical (unpaired) electrons. The Morgan fingerprint density at radius 3 is 1.68 bits per heavy atom. The second-order valence-electron chi connectivity index (χ2n) is 11.2. The SMILES string of the molecule is O=C(O)CC[C@H](NC(=O)NC(CCCCNC(=O)CCCCCCCCCCN(CC(=O)O)Cc1ccccn1)C(=O)O)C(=O)O.[C-]=O.[C-]=O.[C-]=O.[Re]. The van der Waals surface area contributed by atoms with E-state index >= 15 is 0 Å². The van der Waals surface area contributed by atoms with Crippen LogP contribution in [0.15, 0.2) is 24.4 Å². The first-order valence-corrected chi connectivity index (χ1v) is 16.4. The number of aliphatic carboxylic acids is 4. The van der Waals surface area contributed by atoms with Crippen molar-refractivity contribution < 1.29 is 84.0 Å². The minimum Gasteiger partial charge on any atom is -0.573 e. The van der Waals surface area contributed by atoms with E-state index in [2.05, 4.69) is 41.3 Å². The predicted octanol–water partition coefficient (Wildman–Crippen LogP) is 1.64. The number of hydrogen-bond donors (Lipinski definition) is 7. The summed E-state index contributed by atoms with van der Waals surface area (Å²) in [5.41, 5.74) is 0.853. The molecule has 7 N–H and O–H groups in total. The van der Waals surface area contributed by atoms with Crippen molar-refractivity contribution in [3.63, 3.8) is 0 Å². The van der Waals surface area contributed by atoms with Gasteiger partial charge in [0.25, 0.3) is 0 Å². The topological polar surface area (TPSA) is 287 Å².